The van der Waals surface area contributed by atoms with Crippen LogP contribution in [0.2, 0.25) is 5.02 Å². The molecule has 4 rings (SSSR count). The summed E-state index contributed by atoms with van der Waals surface area (Å²) in [6.45, 7) is 3.10. The van der Waals surface area contributed by atoms with Crippen LogP contribution in [0.15, 0.2) is 54.6 Å². The summed E-state index contributed by atoms with van der Waals surface area (Å²) in [4.78, 5) is 17.1. The Morgan fingerprint density at radius 2 is 1.69 bits per heavy atom. The fourth-order valence-electron chi connectivity index (χ4n) is 3.90. The van der Waals surface area contributed by atoms with Gasteiger partial charge in [0.05, 0.1) is 5.54 Å². The number of benzene rings is 2. The normalized spacial score (nSPS) is 19.0. The van der Waals surface area contributed by atoms with E-state index in [1.165, 1.54) is 5.56 Å². The van der Waals surface area contributed by atoms with Crippen molar-refractivity contribution in [2.45, 2.75) is 24.8 Å². The van der Waals surface area contributed by atoms with Crippen LogP contribution in [0.25, 0.3) is 0 Å². The molecule has 2 aliphatic rings. The number of piperazine rings is 1. The smallest absolute Gasteiger partial charge is 0.318 e. The maximum Gasteiger partial charge on any atom is 0.318 e. The van der Waals surface area contributed by atoms with E-state index in [0.717, 1.165) is 56.2 Å². The van der Waals surface area contributed by atoms with E-state index in [9.17, 15) is 4.79 Å². The van der Waals surface area contributed by atoms with Crippen LogP contribution in [0, 0.1) is 0 Å². The first-order valence-corrected chi connectivity index (χ1v) is 9.67. The van der Waals surface area contributed by atoms with Crippen LogP contribution in [0.1, 0.15) is 24.8 Å². The number of carbonyl (C=O) groups is 1. The standard InChI is InChI=1S/C21H24ClN3O/c22-18-8-4-9-19(16-18)24-12-14-25(15-13-24)20(26)23-21(10-5-11-21)17-6-2-1-3-7-17/h1-4,6-9,16H,5,10-15H2,(H,23,26). The fraction of sp³-hybridized carbons (Fsp3) is 0.381. The zero-order chi connectivity index (χ0) is 18.0. The molecule has 0 radical (unpaired) electrons. The third-order valence-corrected chi connectivity index (χ3v) is 5.86. The highest BCUT2D eigenvalue weighted by Gasteiger charge is 2.41. The van der Waals surface area contributed by atoms with Gasteiger partial charge in [-0.1, -0.05) is 48.0 Å². The lowest BCUT2D eigenvalue weighted by molar-refractivity contribution is 0.147. The second kappa shape index (κ2) is 7.20. The van der Waals surface area contributed by atoms with Crippen LogP contribution >= 0.6 is 11.6 Å². The number of carbonyl (C=O) groups excluding carboxylic acids is 1. The third-order valence-electron chi connectivity index (χ3n) is 5.62. The number of hydrogen-bond donors (Lipinski definition) is 1. The molecule has 2 aromatic rings. The number of nitrogens with one attached hydrogen (secondary N) is 1. The third kappa shape index (κ3) is 3.38. The number of amides is 2. The number of urea groups is 1. The predicted octanol–water partition coefficient (Wildman–Crippen LogP) is 4.25. The fourth-order valence-corrected chi connectivity index (χ4v) is 4.08. The molecule has 0 atom stereocenters. The van der Waals surface area contributed by atoms with Crippen molar-refractivity contribution in [1.82, 2.24) is 10.2 Å². The summed E-state index contributed by atoms with van der Waals surface area (Å²) >= 11 is 6.10. The van der Waals surface area contributed by atoms with E-state index in [2.05, 4.69) is 28.4 Å². The molecule has 2 aromatic carbocycles. The van der Waals surface area contributed by atoms with Crippen LogP contribution < -0.4 is 10.2 Å². The van der Waals surface area contributed by atoms with Crippen molar-refractivity contribution < 1.29 is 4.79 Å². The first kappa shape index (κ1) is 17.2. The van der Waals surface area contributed by atoms with E-state index < -0.39 is 0 Å². The van der Waals surface area contributed by atoms with Gasteiger partial charge in [0.1, 0.15) is 0 Å². The molecule has 0 bridgehead atoms. The summed E-state index contributed by atoms with van der Waals surface area (Å²) in [5.74, 6) is 0. The summed E-state index contributed by atoms with van der Waals surface area (Å²) in [7, 11) is 0. The number of halogens is 1. The molecule has 0 unspecified atom stereocenters. The Labute approximate surface area is 159 Å². The minimum absolute atomic E-state index is 0.0549. The van der Waals surface area contributed by atoms with E-state index in [4.69, 9.17) is 11.6 Å². The Bertz CT molecular complexity index is 768. The summed E-state index contributed by atoms with van der Waals surface area (Å²) in [5, 5.41) is 4.07. The Balaban J connectivity index is 1.38. The van der Waals surface area contributed by atoms with Crippen LogP contribution in [-0.4, -0.2) is 37.1 Å². The van der Waals surface area contributed by atoms with Crippen LogP contribution in [0.4, 0.5) is 10.5 Å². The Morgan fingerprint density at radius 3 is 2.31 bits per heavy atom. The van der Waals surface area contributed by atoms with E-state index in [1.54, 1.807) is 0 Å². The lowest BCUT2D eigenvalue weighted by atomic mass is 9.72. The highest BCUT2D eigenvalue weighted by atomic mass is 35.5. The van der Waals surface area contributed by atoms with Crippen molar-refractivity contribution in [1.29, 1.82) is 0 Å². The van der Waals surface area contributed by atoms with Gasteiger partial charge in [-0.2, -0.15) is 0 Å². The maximum absolute atomic E-state index is 12.9. The molecule has 1 aliphatic carbocycles. The number of nitrogens with zero attached hydrogens (tertiary/aromatic N) is 2. The predicted molar refractivity (Wildman–Crippen MR) is 106 cm³/mol. The summed E-state index contributed by atoms with van der Waals surface area (Å²) in [6, 6.07) is 18.3. The number of rotatable bonds is 3. The number of hydrogen-bond acceptors (Lipinski definition) is 2. The van der Waals surface area contributed by atoms with E-state index >= 15 is 0 Å². The summed E-state index contributed by atoms with van der Waals surface area (Å²) < 4.78 is 0. The van der Waals surface area contributed by atoms with Crippen molar-refractivity contribution in [3.05, 3.63) is 65.2 Å². The van der Waals surface area contributed by atoms with E-state index in [0.29, 0.717) is 0 Å². The average Bonchev–Trinajstić information content (AvgIpc) is 2.65. The topological polar surface area (TPSA) is 35.6 Å². The molecule has 136 valence electrons. The van der Waals surface area contributed by atoms with Gasteiger partial charge in [0.15, 0.2) is 0 Å². The number of anilines is 1. The molecule has 1 N–H and O–H groups in total. The molecule has 1 aliphatic heterocycles. The second-order valence-corrected chi connectivity index (χ2v) is 7.62. The molecule has 2 amide bonds. The Hall–Kier alpha value is -2.20. The molecule has 4 nitrogen and oxygen atoms in total. The molecule has 0 aromatic heterocycles. The summed E-state index contributed by atoms with van der Waals surface area (Å²) in [6.07, 6.45) is 3.20. The van der Waals surface area contributed by atoms with Gasteiger partial charge in [-0.3, -0.25) is 0 Å². The van der Waals surface area contributed by atoms with Gasteiger partial charge in [0.25, 0.3) is 0 Å². The van der Waals surface area contributed by atoms with Gasteiger partial charge in [0, 0.05) is 36.9 Å². The monoisotopic (exact) mass is 369 g/mol. The van der Waals surface area contributed by atoms with E-state index in [1.807, 2.05) is 41.3 Å². The van der Waals surface area contributed by atoms with Crippen LogP contribution in [0.5, 0.6) is 0 Å². The van der Waals surface area contributed by atoms with Gasteiger partial charge in [0.2, 0.25) is 0 Å². The SMILES string of the molecule is O=C(NC1(c2ccccc2)CCC1)N1CCN(c2cccc(Cl)c2)CC1. The van der Waals surface area contributed by atoms with Crippen molar-refractivity contribution >= 4 is 23.3 Å². The molecule has 2 fully saturated rings. The van der Waals surface area contributed by atoms with Crippen molar-refractivity contribution in [2.24, 2.45) is 0 Å². The van der Waals surface area contributed by atoms with Gasteiger partial charge in [-0.25, -0.2) is 4.79 Å². The van der Waals surface area contributed by atoms with Crippen molar-refractivity contribution in [3.63, 3.8) is 0 Å². The zero-order valence-electron chi connectivity index (χ0n) is 14.8. The second-order valence-electron chi connectivity index (χ2n) is 7.19. The summed E-state index contributed by atoms with van der Waals surface area (Å²) in [5.41, 5.74) is 2.16. The first-order valence-electron chi connectivity index (χ1n) is 9.29. The van der Waals surface area contributed by atoms with Gasteiger partial charge in [-0.05, 0) is 43.0 Å². The largest absolute Gasteiger partial charge is 0.368 e. The molecular weight excluding hydrogens is 346 g/mol. The van der Waals surface area contributed by atoms with Gasteiger partial charge < -0.3 is 15.1 Å². The van der Waals surface area contributed by atoms with Gasteiger partial charge in [-0.15, -0.1) is 0 Å². The molecular formula is C21H24ClN3O. The Morgan fingerprint density at radius 1 is 0.962 bits per heavy atom. The lowest BCUT2D eigenvalue weighted by Gasteiger charge is -2.45. The highest BCUT2D eigenvalue weighted by Crippen LogP contribution is 2.41. The molecule has 0 spiro atoms. The minimum Gasteiger partial charge on any atom is -0.368 e. The van der Waals surface area contributed by atoms with Crippen LogP contribution in [0.3, 0.4) is 0 Å². The van der Waals surface area contributed by atoms with E-state index in [-0.39, 0.29) is 11.6 Å². The van der Waals surface area contributed by atoms with Gasteiger partial charge >= 0.3 is 6.03 Å². The zero-order valence-corrected chi connectivity index (χ0v) is 15.6. The highest BCUT2D eigenvalue weighted by molar-refractivity contribution is 6.30. The molecule has 1 heterocycles. The molecule has 5 heteroatoms. The molecule has 1 saturated heterocycles. The van der Waals surface area contributed by atoms with Crippen LogP contribution in [-0.2, 0) is 5.54 Å². The molecule has 26 heavy (non-hydrogen) atoms. The van der Waals surface area contributed by atoms with Crippen molar-refractivity contribution in [3.8, 4) is 0 Å². The first-order chi connectivity index (χ1) is 12.7. The maximum atomic E-state index is 12.9. The molecule has 1 saturated carbocycles. The average molecular weight is 370 g/mol. The lowest BCUT2D eigenvalue weighted by Crippen LogP contribution is -2.58. The quantitative estimate of drug-likeness (QED) is 0.877. The minimum atomic E-state index is -0.178. The van der Waals surface area contributed by atoms with Crippen molar-refractivity contribution in [2.75, 3.05) is 31.1 Å². The Kier molecular flexibility index (Phi) is 4.77.